The lowest BCUT2D eigenvalue weighted by Gasteiger charge is -2.28. The van der Waals surface area contributed by atoms with Gasteiger partial charge in [0.1, 0.15) is 5.01 Å². The van der Waals surface area contributed by atoms with E-state index in [1.54, 1.807) is 11.3 Å². The first-order valence-electron chi connectivity index (χ1n) is 7.33. The maximum absolute atomic E-state index is 4.44. The molecular weight excluding hydrogens is 240 g/mol. The van der Waals surface area contributed by atoms with Crippen molar-refractivity contribution in [3.63, 3.8) is 0 Å². The first-order chi connectivity index (χ1) is 8.68. The van der Waals surface area contributed by atoms with Crippen molar-refractivity contribution in [2.45, 2.75) is 64.3 Å². The summed E-state index contributed by atoms with van der Waals surface area (Å²) in [5, 5.41) is 6.99. The number of hydrogen-bond donors (Lipinski definition) is 1. The Morgan fingerprint density at radius 3 is 2.50 bits per heavy atom. The molecule has 1 aliphatic carbocycles. The molecule has 0 spiro atoms. The summed E-state index contributed by atoms with van der Waals surface area (Å²) in [7, 11) is 0. The Hall–Kier alpha value is -0.410. The van der Waals surface area contributed by atoms with Crippen molar-refractivity contribution in [3.05, 3.63) is 16.6 Å². The van der Waals surface area contributed by atoms with Crippen LogP contribution in [0.15, 0.2) is 11.6 Å². The van der Waals surface area contributed by atoms with Gasteiger partial charge in [0.15, 0.2) is 0 Å². The highest BCUT2D eigenvalue weighted by molar-refractivity contribution is 7.09. The van der Waals surface area contributed by atoms with E-state index >= 15 is 0 Å². The van der Waals surface area contributed by atoms with Gasteiger partial charge < -0.3 is 5.32 Å². The average molecular weight is 266 g/mol. The summed E-state index contributed by atoms with van der Waals surface area (Å²) < 4.78 is 0. The lowest BCUT2D eigenvalue weighted by atomic mass is 9.90. The molecule has 0 bridgehead atoms. The zero-order chi connectivity index (χ0) is 12.8. The van der Waals surface area contributed by atoms with E-state index in [-0.39, 0.29) is 5.54 Å². The summed E-state index contributed by atoms with van der Waals surface area (Å²) in [5.74, 6) is 0.865. The van der Waals surface area contributed by atoms with Crippen molar-refractivity contribution >= 4 is 11.3 Å². The predicted molar refractivity (Wildman–Crippen MR) is 79.0 cm³/mol. The molecule has 0 aromatic carbocycles. The molecule has 2 nitrogen and oxygen atoms in total. The highest BCUT2D eigenvalue weighted by atomic mass is 32.1. The molecule has 102 valence electrons. The molecule has 0 aliphatic heterocycles. The van der Waals surface area contributed by atoms with Crippen LogP contribution in [0.1, 0.15) is 63.8 Å². The first kappa shape index (κ1) is 14.0. The molecule has 1 fully saturated rings. The molecule has 0 amide bonds. The van der Waals surface area contributed by atoms with E-state index in [2.05, 4.69) is 29.5 Å². The Bertz CT molecular complexity index is 324. The molecule has 2 rings (SSSR count). The normalized spacial score (nSPS) is 19.4. The van der Waals surface area contributed by atoms with Gasteiger partial charge in [-0.2, -0.15) is 0 Å². The van der Waals surface area contributed by atoms with Gasteiger partial charge in [-0.1, -0.05) is 32.1 Å². The van der Waals surface area contributed by atoms with Crippen molar-refractivity contribution in [1.29, 1.82) is 0 Å². The summed E-state index contributed by atoms with van der Waals surface area (Å²) in [6, 6.07) is 0. The van der Waals surface area contributed by atoms with Gasteiger partial charge in [0, 0.05) is 11.6 Å². The van der Waals surface area contributed by atoms with Gasteiger partial charge in [-0.15, -0.1) is 11.3 Å². The van der Waals surface area contributed by atoms with Crippen molar-refractivity contribution in [2.24, 2.45) is 5.92 Å². The number of hydrogen-bond acceptors (Lipinski definition) is 3. The highest BCUT2D eigenvalue weighted by Crippen LogP contribution is 2.25. The highest BCUT2D eigenvalue weighted by Gasteiger charge is 2.24. The molecule has 1 heterocycles. The lowest BCUT2D eigenvalue weighted by molar-refractivity contribution is 0.308. The van der Waals surface area contributed by atoms with Gasteiger partial charge in [-0.05, 0) is 39.2 Å². The number of nitrogens with zero attached hydrogens (tertiary/aromatic N) is 1. The second kappa shape index (κ2) is 6.67. The van der Waals surface area contributed by atoms with Crippen molar-refractivity contribution in [3.8, 4) is 0 Å². The van der Waals surface area contributed by atoms with Crippen LogP contribution in [-0.2, 0) is 5.54 Å². The lowest BCUT2D eigenvalue weighted by Crippen LogP contribution is -2.39. The van der Waals surface area contributed by atoms with Gasteiger partial charge in [-0.3, -0.25) is 0 Å². The molecule has 3 heteroatoms. The average Bonchev–Trinajstić information content (AvgIpc) is 2.81. The Morgan fingerprint density at radius 2 is 1.89 bits per heavy atom. The molecule has 1 aliphatic rings. The fraction of sp³-hybridized carbons (Fsp3) is 0.800. The predicted octanol–water partition coefficient (Wildman–Crippen LogP) is 4.33. The van der Waals surface area contributed by atoms with E-state index in [4.69, 9.17) is 0 Å². The molecule has 18 heavy (non-hydrogen) atoms. The summed E-state index contributed by atoms with van der Waals surface area (Å²) >= 11 is 1.75. The molecule has 0 atom stereocenters. The molecular formula is C15H26N2S. The third kappa shape index (κ3) is 4.06. The zero-order valence-electron chi connectivity index (χ0n) is 11.7. The van der Waals surface area contributed by atoms with Crippen molar-refractivity contribution < 1.29 is 0 Å². The Kier molecular flexibility index (Phi) is 5.19. The quantitative estimate of drug-likeness (QED) is 0.877. The van der Waals surface area contributed by atoms with E-state index in [1.165, 1.54) is 50.0 Å². The SMILES string of the molecule is CC(C)(NCC1CCCCCCC1)c1nccs1. The molecule has 0 saturated heterocycles. The van der Waals surface area contributed by atoms with Crippen LogP contribution in [0.3, 0.4) is 0 Å². The molecule has 1 aromatic heterocycles. The number of rotatable bonds is 4. The minimum Gasteiger partial charge on any atom is -0.306 e. The second-order valence-corrected chi connectivity index (χ2v) is 6.95. The van der Waals surface area contributed by atoms with Crippen LogP contribution in [0.5, 0.6) is 0 Å². The van der Waals surface area contributed by atoms with E-state index < -0.39 is 0 Å². The van der Waals surface area contributed by atoms with Crippen LogP contribution in [0.25, 0.3) is 0 Å². The zero-order valence-corrected chi connectivity index (χ0v) is 12.6. The summed E-state index contributed by atoms with van der Waals surface area (Å²) in [4.78, 5) is 4.44. The van der Waals surface area contributed by atoms with Crippen LogP contribution < -0.4 is 5.32 Å². The Balaban J connectivity index is 1.82. The van der Waals surface area contributed by atoms with Crippen LogP contribution in [0, 0.1) is 5.92 Å². The van der Waals surface area contributed by atoms with Gasteiger partial charge in [0.05, 0.1) is 5.54 Å². The van der Waals surface area contributed by atoms with E-state index in [1.807, 2.05) is 6.20 Å². The maximum Gasteiger partial charge on any atom is 0.112 e. The number of aromatic nitrogens is 1. The van der Waals surface area contributed by atoms with Crippen LogP contribution in [0.2, 0.25) is 0 Å². The van der Waals surface area contributed by atoms with E-state index in [0.29, 0.717) is 0 Å². The third-order valence-electron chi connectivity index (χ3n) is 4.02. The fourth-order valence-electron chi connectivity index (χ4n) is 2.75. The standard InChI is InChI=1S/C15H26N2S/c1-15(2,14-16-10-11-18-14)17-12-13-8-6-4-3-5-7-9-13/h10-11,13,17H,3-9,12H2,1-2H3. The molecule has 0 unspecified atom stereocenters. The molecule has 0 radical (unpaired) electrons. The molecule has 1 saturated carbocycles. The maximum atomic E-state index is 4.44. The van der Waals surface area contributed by atoms with Crippen LogP contribution >= 0.6 is 11.3 Å². The third-order valence-corrected chi connectivity index (χ3v) is 5.12. The number of nitrogens with one attached hydrogen (secondary N) is 1. The van der Waals surface area contributed by atoms with Crippen LogP contribution in [0.4, 0.5) is 0 Å². The minimum absolute atomic E-state index is 0.0243. The molecule has 1 N–H and O–H groups in total. The van der Waals surface area contributed by atoms with Gasteiger partial charge in [-0.25, -0.2) is 4.98 Å². The summed E-state index contributed by atoms with van der Waals surface area (Å²) in [6.45, 7) is 5.64. The van der Waals surface area contributed by atoms with Crippen molar-refractivity contribution in [1.82, 2.24) is 10.3 Å². The van der Waals surface area contributed by atoms with Gasteiger partial charge >= 0.3 is 0 Å². The topological polar surface area (TPSA) is 24.9 Å². The fourth-order valence-corrected chi connectivity index (χ4v) is 3.49. The van der Waals surface area contributed by atoms with E-state index in [9.17, 15) is 0 Å². The first-order valence-corrected chi connectivity index (χ1v) is 8.21. The molecule has 1 aromatic rings. The Morgan fingerprint density at radius 1 is 1.22 bits per heavy atom. The monoisotopic (exact) mass is 266 g/mol. The number of thiazole rings is 1. The smallest absolute Gasteiger partial charge is 0.112 e. The van der Waals surface area contributed by atoms with Gasteiger partial charge in [0.2, 0.25) is 0 Å². The van der Waals surface area contributed by atoms with Crippen molar-refractivity contribution in [2.75, 3.05) is 6.54 Å². The van der Waals surface area contributed by atoms with E-state index in [0.717, 1.165) is 12.5 Å². The van der Waals surface area contributed by atoms with Gasteiger partial charge in [0.25, 0.3) is 0 Å². The van der Waals surface area contributed by atoms with Crippen LogP contribution in [-0.4, -0.2) is 11.5 Å². The Labute approximate surface area is 115 Å². The summed E-state index contributed by atoms with van der Waals surface area (Å²) in [6.07, 6.45) is 11.9. The largest absolute Gasteiger partial charge is 0.306 e. The summed E-state index contributed by atoms with van der Waals surface area (Å²) in [5.41, 5.74) is 0.0243. The minimum atomic E-state index is 0.0243. The second-order valence-electron chi connectivity index (χ2n) is 6.05.